The van der Waals surface area contributed by atoms with Crippen molar-refractivity contribution in [2.45, 2.75) is 57.4 Å². The van der Waals surface area contributed by atoms with E-state index in [2.05, 4.69) is 39.5 Å². The number of aromatic amines is 1. The van der Waals surface area contributed by atoms with Crippen LogP contribution < -0.4 is 25.2 Å². The number of aromatic nitrogens is 2. The molecule has 2 aromatic carbocycles. The lowest BCUT2D eigenvalue weighted by Crippen LogP contribution is -2.52. The van der Waals surface area contributed by atoms with Crippen LogP contribution in [0.3, 0.4) is 0 Å². The van der Waals surface area contributed by atoms with Crippen LogP contribution in [0.4, 0.5) is 5.95 Å². The zero-order valence-corrected chi connectivity index (χ0v) is 22.2. The van der Waals surface area contributed by atoms with E-state index < -0.39 is 0 Å². The molecule has 8 nitrogen and oxygen atoms in total. The van der Waals surface area contributed by atoms with Crippen molar-refractivity contribution in [3.8, 4) is 11.5 Å². The second-order valence-electron chi connectivity index (χ2n) is 11.2. The SMILES string of the molecule is COc1cc2nc(N3CCC(CC4CCC4)(C(=O)NC4Cc5ccccc5C4)CC3)[nH]c(=O)c2cc1OC. The molecule has 2 fully saturated rings. The number of benzene rings is 2. The Morgan fingerprint density at radius 1 is 1.08 bits per heavy atom. The summed E-state index contributed by atoms with van der Waals surface area (Å²) in [5, 5.41) is 3.90. The molecule has 2 N–H and O–H groups in total. The number of piperidine rings is 1. The highest BCUT2D eigenvalue weighted by Crippen LogP contribution is 2.44. The Bertz CT molecular complexity index is 1380. The summed E-state index contributed by atoms with van der Waals surface area (Å²) in [6.45, 7) is 1.35. The Kier molecular flexibility index (Phi) is 6.50. The van der Waals surface area contributed by atoms with Gasteiger partial charge in [-0.2, -0.15) is 0 Å². The lowest BCUT2D eigenvalue weighted by atomic mass is 9.66. The summed E-state index contributed by atoms with van der Waals surface area (Å²) < 4.78 is 10.8. The number of fused-ring (bicyclic) bond motifs is 2. The number of methoxy groups -OCH3 is 2. The monoisotopic (exact) mass is 516 g/mol. The van der Waals surface area contributed by atoms with Gasteiger partial charge >= 0.3 is 0 Å². The van der Waals surface area contributed by atoms with Crippen LogP contribution in [0.25, 0.3) is 10.9 Å². The van der Waals surface area contributed by atoms with Crippen molar-refractivity contribution in [1.82, 2.24) is 15.3 Å². The van der Waals surface area contributed by atoms with Crippen molar-refractivity contribution in [1.29, 1.82) is 0 Å². The van der Waals surface area contributed by atoms with E-state index in [-0.39, 0.29) is 22.9 Å². The Hall–Kier alpha value is -3.55. The Balaban J connectivity index is 1.20. The van der Waals surface area contributed by atoms with E-state index in [0.29, 0.717) is 47.4 Å². The zero-order chi connectivity index (χ0) is 26.3. The zero-order valence-electron chi connectivity index (χ0n) is 22.2. The standard InChI is InChI=1S/C30H36N4O4/c1-37-25-16-23-24(17-26(25)38-2)32-29(33-27(23)35)34-12-10-30(11-13-34,18-19-6-5-7-19)28(36)31-22-14-20-8-3-4-9-21(20)15-22/h3-4,8-9,16-17,19,22H,5-7,10-15,18H2,1-2H3,(H,31,36)(H,32,33,35). The number of ether oxygens (including phenoxy) is 2. The molecule has 0 radical (unpaired) electrons. The smallest absolute Gasteiger partial charge is 0.260 e. The number of amides is 1. The second-order valence-corrected chi connectivity index (χ2v) is 11.2. The number of rotatable bonds is 7. The van der Waals surface area contributed by atoms with Gasteiger partial charge in [0, 0.05) is 25.2 Å². The van der Waals surface area contributed by atoms with Crippen LogP contribution in [0.15, 0.2) is 41.2 Å². The van der Waals surface area contributed by atoms with Crippen LogP contribution in [0.2, 0.25) is 0 Å². The van der Waals surface area contributed by atoms with Crippen molar-refractivity contribution >= 4 is 22.8 Å². The largest absolute Gasteiger partial charge is 0.493 e. The highest BCUT2D eigenvalue weighted by Gasteiger charge is 2.45. The van der Waals surface area contributed by atoms with Gasteiger partial charge in [0.2, 0.25) is 11.9 Å². The molecule has 3 aliphatic rings. The summed E-state index contributed by atoms with van der Waals surface area (Å²) in [7, 11) is 3.12. The minimum absolute atomic E-state index is 0.168. The highest BCUT2D eigenvalue weighted by atomic mass is 16.5. The number of carbonyl (C=O) groups excluding carboxylic acids is 1. The van der Waals surface area contributed by atoms with Gasteiger partial charge in [0.1, 0.15) is 0 Å². The predicted molar refractivity (Wildman–Crippen MR) is 147 cm³/mol. The molecule has 0 unspecified atom stereocenters. The first-order valence-corrected chi connectivity index (χ1v) is 13.8. The fourth-order valence-electron chi connectivity index (χ4n) is 6.52. The van der Waals surface area contributed by atoms with Gasteiger partial charge in [0.05, 0.1) is 30.5 Å². The summed E-state index contributed by atoms with van der Waals surface area (Å²) >= 11 is 0. The number of hydrogen-bond acceptors (Lipinski definition) is 6. The van der Waals surface area contributed by atoms with Gasteiger partial charge < -0.3 is 19.7 Å². The maximum Gasteiger partial charge on any atom is 0.260 e. The van der Waals surface area contributed by atoms with Crippen molar-refractivity contribution in [3.63, 3.8) is 0 Å². The molecule has 1 saturated heterocycles. The third kappa shape index (κ3) is 4.50. The number of nitrogens with zero attached hydrogens (tertiary/aromatic N) is 2. The molecule has 1 aromatic heterocycles. The summed E-state index contributed by atoms with van der Waals surface area (Å²) in [6, 6.07) is 12.1. The number of carbonyl (C=O) groups is 1. The first kappa shape index (κ1) is 24.8. The average molecular weight is 517 g/mol. The maximum atomic E-state index is 13.9. The third-order valence-corrected chi connectivity index (χ3v) is 8.99. The Labute approximate surface area is 222 Å². The van der Waals surface area contributed by atoms with Gasteiger partial charge in [-0.1, -0.05) is 43.5 Å². The molecule has 0 bridgehead atoms. The molecule has 2 aliphatic carbocycles. The first-order valence-electron chi connectivity index (χ1n) is 13.8. The number of hydrogen-bond donors (Lipinski definition) is 2. The van der Waals surface area contributed by atoms with E-state index in [1.54, 1.807) is 26.4 Å². The van der Waals surface area contributed by atoms with Gasteiger partial charge in [0.15, 0.2) is 11.5 Å². The van der Waals surface area contributed by atoms with Gasteiger partial charge in [-0.25, -0.2) is 4.98 Å². The Morgan fingerprint density at radius 2 is 1.74 bits per heavy atom. The van der Waals surface area contributed by atoms with Crippen LogP contribution >= 0.6 is 0 Å². The van der Waals surface area contributed by atoms with E-state index in [1.807, 2.05) is 0 Å². The molecule has 1 saturated carbocycles. The normalized spacial score (nSPS) is 19.2. The molecule has 38 heavy (non-hydrogen) atoms. The molecule has 1 aliphatic heterocycles. The molecule has 8 heteroatoms. The molecule has 1 amide bonds. The predicted octanol–water partition coefficient (Wildman–Crippen LogP) is 4.00. The fraction of sp³-hybridized carbons (Fsp3) is 0.500. The van der Waals surface area contributed by atoms with E-state index in [9.17, 15) is 9.59 Å². The van der Waals surface area contributed by atoms with E-state index in [1.165, 1.54) is 30.4 Å². The highest BCUT2D eigenvalue weighted by molar-refractivity contribution is 5.84. The number of anilines is 1. The molecule has 6 rings (SSSR count). The van der Waals surface area contributed by atoms with Gasteiger partial charge in [-0.15, -0.1) is 0 Å². The van der Waals surface area contributed by atoms with E-state index in [4.69, 9.17) is 14.5 Å². The first-order chi connectivity index (χ1) is 18.5. The molecular weight excluding hydrogens is 480 g/mol. The third-order valence-electron chi connectivity index (χ3n) is 8.99. The van der Waals surface area contributed by atoms with Crippen LogP contribution in [0.5, 0.6) is 11.5 Å². The topological polar surface area (TPSA) is 96.5 Å². The van der Waals surface area contributed by atoms with Gasteiger partial charge in [-0.05, 0) is 55.2 Å². The second kappa shape index (κ2) is 9.97. The summed E-state index contributed by atoms with van der Waals surface area (Å²) in [6.07, 6.45) is 7.98. The number of nitrogens with one attached hydrogen (secondary N) is 2. The lowest BCUT2D eigenvalue weighted by molar-refractivity contribution is -0.134. The molecular formula is C30H36N4O4. The summed E-state index contributed by atoms with van der Waals surface area (Å²) in [4.78, 5) is 36.6. The van der Waals surface area contributed by atoms with E-state index >= 15 is 0 Å². The minimum atomic E-state index is -0.371. The van der Waals surface area contributed by atoms with Crippen LogP contribution in [-0.2, 0) is 17.6 Å². The van der Waals surface area contributed by atoms with Crippen LogP contribution in [0.1, 0.15) is 49.7 Å². The minimum Gasteiger partial charge on any atom is -0.493 e. The van der Waals surface area contributed by atoms with Gasteiger partial charge in [0.25, 0.3) is 5.56 Å². The Morgan fingerprint density at radius 3 is 2.34 bits per heavy atom. The molecule has 200 valence electrons. The van der Waals surface area contributed by atoms with Crippen LogP contribution in [-0.4, -0.2) is 49.2 Å². The number of H-pyrrole nitrogens is 1. The average Bonchev–Trinajstić information content (AvgIpc) is 3.32. The summed E-state index contributed by atoms with van der Waals surface area (Å²) in [5.41, 5.74) is 2.67. The van der Waals surface area contributed by atoms with Gasteiger partial charge in [-0.3, -0.25) is 14.6 Å². The van der Waals surface area contributed by atoms with Crippen molar-refractivity contribution in [2.24, 2.45) is 11.3 Å². The van der Waals surface area contributed by atoms with Crippen molar-refractivity contribution < 1.29 is 14.3 Å². The van der Waals surface area contributed by atoms with Crippen molar-refractivity contribution in [3.05, 3.63) is 57.9 Å². The summed E-state index contributed by atoms with van der Waals surface area (Å²) in [5.74, 6) is 2.41. The molecule has 2 heterocycles. The fourth-order valence-corrected chi connectivity index (χ4v) is 6.52. The quantitative estimate of drug-likeness (QED) is 0.493. The van der Waals surface area contributed by atoms with Crippen molar-refractivity contribution in [2.75, 3.05) is 32.2 Å². The molecule has 0 atom stereocenters. The molecule has 3 aromatic rings. The van der Waals surface area contributed by atoms with Crippen LogP contribution in [0, 0.1) is 11.3 Å². The van der Waals surface area contributed by atoms with E-state index in [0.717, 1.165) is 32.1 Å². The maximum absolute atomic E-state index is 13.9. The lowest BCUT2D eigenvalue weighted by Gasteiger charge is -2.44. The molecule has 0 spiro atoms.